The van der Waals surface area contributed by atoms with Gasteiger partial charge in [-0.05, 0) is 25.7 Å². The first kappa shape index (κ1) is 11.9. The van der Waals surface area contributed by atoms with Crippen LogP contribution in [-0.2, 0) is 18.9 Å². The van der Waals surface area contributed by atoms with Crippen LogP contribution in [0.3, 0.4) is 0 Å². The minimum atomic E-state index is -0.546. The summed E-state index contributed by atoms with van der Waals surface area (Å²) in [4.78, 5) is 0. The topological polar surface area (TPSA) is 36.9 Å². The van der Waals surface area contributed by atoms with Gasteiger partial charge in [-0.1, -0.05) is 0 Å². The molecule has 0 radical (unpaired) electrons. The number of hydrogen-bond donors (Lipinski definition) is 0. The normalized spacial score (nSPS) is 46.8. The highest BCUT2D eigenvalue weighted by Gasteiger charge is 2.54. The molecule has 0 aromatic heterocycles. The number of ether oxygens (including phenoxy) is 4. The minimum Gasteiger partial charge on any atom is -0.376 e. The summed E-state index contributed by atoms with van der Waals surface area (Å²) in [7, 11) is 1.75. The van der Waals surface area contributed by atoms with Gasteiger partial charge in [0.25, 0.3) is 0 Å². The quantitative estimate of drug-likeness (QED) is 0.706. The van der Waals surface area contributed by atoms with Crippen molar-refractivity contribution in [1.29, 1.82) is 0 Å². The molecule has 0 saturated carbocycles. The maximum Gasteiger partial charge on any atom is 0.197 e. The van der Waals surface area contributed by atoms with E-state index in [1.54, 1.807) is 7.11 Å². The van der Waals surface area contributed by atoms with Gasteiger partial charge in [-0.3, -0.25) is 0 Å². The smallest absolute Gasteiger partial charge is 0.197 e. The van der Waals surface area contributed by atoms with Gasteiger partial charge in [0, 0.05) is 26.4 Å². The molecular weight excluding hydrogens is 220 g/mol. The van der Waals surface area contributed by atoms with Gasteiger partial charge in [-0.15, -0.1) is 0 Å². The average Bonchev–Trinajstić information content (AvgIpc) is 2.79. The second-order valence-electron chi connectivity index (χ2n) is 5.35. The monoisotopic (exact) mass is 242 g/mol. The van der Waals surface area contributed by atoms with Crippen LogP contribution in [0.25, 0.3) is 0 Å². The molecule has 3 aliphatic heterocycles. The molecule has 3 rings (SSSR count). The standard InChI is InChI=1S/C13H22O4/c1-14-11-5-8-12(6-4-10-15-12)17-13(11)7-2-3-9-16-13/h11H,2-10H2,1H3/t11-,12-,13-/m0/s1. The molecule has 4 nitrogen and oxygen atoms in total. The van der Waals surface area contributed by atoms with E-state index in [1.807, 2.05) is 0 Å². The summed E-state index contributed by atoms with van der Waals surface area (Å²) in [6.07, 6.45) is 7.23. The summed E-state index contributed by atoms with van der Waals surface area (Å²) in [5.41, 5.74) is 0. The van der Waals surface area contributed by atoms with Gasteiger partial charge in [0.1, 0.15) is 6.10 Å². The van der Waals surface area contributed by atoms with Crippen molar-refractivity contribution in [1.82, 2.24) is 0 Å². The molecule has 0 aromatic carbocycles. The van der Waals surface area contributed by atoms with Gasteiger partial charge in [-0.25, -0.2) is 0 Å². The van der Waals surface area contributed by atoms with Crippen molar-refractivity contribution >= 4 is 0 Å². The van der Waals surface area contributed by atoms with Crippen LogP contribution in [-0.4, -0.2) is 38.0 Å². The second kappa shape index (κ2) is 4.50. The Morgan fingerprint density at radius 2 is 1.88 bits per heavy atom. The van der Waals surface area contributed by atoms with Crippen molar-refractivity contribution < 1.29 is 18.9 Å². The van der Waals surface area contributed by atoms with E-state index < -0.39 is 5.79 Å². The third-order valence-corrected chi connectivity index (χ3v) is 4.25. The van der Waals surface area contributed by atoms with Crippen LogP contribution < -0.4 is 0 Å². The Hall–Kier alpha value is -0.160. The average molecular weight is 242 g/mol. The zero-order chi connectivity index (χ0) is 11.8. The Morgan fingerprint density at radius 1 is 1.00 bits per heavy atom. The summed E-state index contributed by atoms with van der Waals surface area (Å²) in [5, 5.41) is 0. The minimum absolute atomic E-state index is 0.0534. The van der Waals surface area contributed by atoms with Gasteiger partial charge in [0.05, 0.1) is 13.2 Å². The van der Waals surface area contributed by atoms with E-state index in [0.29, 0.717) is 0 Å². The highest BCUT2D eigenvalue weighted by molar-refractivity contribution is 4.93. The molecule has 4 heteroatoms. The lowest BCUT2D eigenvalue weighted by Crippen LogP contribution is -2.59. The highest BCUT2D eigenvalue weighted by Crippen LogP contribution is 2.46. The molecule has 3 atom stereocenters. The third-order valence-electron chi connectivity index (χ3n) is 4.25. The number of methoxy groups -OCH3 is 1. The van der Waals surface area contributed by atoms with Crippen molar-refractivity contribution in [2.24, 2.45) is 0 Å². The van der Waals surface area contributed by atoms with E-state index in [2.05, 4.69) is 0 Å². The fraction of sp³-hybridized carbons (Fsp3) is 1.00. The summed E-state index contributed by atoms with van der Waals surface area (Å²) in [6.45, 7) is 1.59. The molecule has 3 heterocycles. The highest BCUT2D eigenvalue weighted by atomic mass is 16.8. The van der Waals surface area contributed by atoms with E-state index in [0.717, 1.165) is 58.2 Å². The van der Waals surface area contributed by atoms with Gasteiger partial charge < -0.3 is 18.9 Å². The SMILES string of the molecule is CO[C@H]1CC[C@]2(CCCO2)O[C@@]12CCCCO2. The van der Waals surface area contributed by atoms with Crippen molar-refractivity contribution in [2.45, 2.75) is 62.6 Å². The van der Waals surface area contributed by atoms with Crippen LogP contribution in [0.15, 0.2) is 0 Å². The lowest BCUT2D eigenvalue weighted by Gasteiger charge is -2.50. The fourth-order valence-electron chi connectivity index (χ4n) is 3.37. The Labute approximate surface area is 103 Å². The molecule has 0 unspecified atom stereocenters. The molecule has 3 saturated heterocycles. The molecule has 3 fully saturated rings. The second-order valence-corrected chi connectivity index (χ2v) is 5.35. The molecule has 0 amide bonds. The molecule has 0 aliphatic carbocycles. The van der Waals surface area contributed by atoms with Crippen molar-refractivity contribution in [3.8, 4) is 0 Å². The van der Waals surface area contributed by atoms with Gasteiger partial charge >= 0.3 is 0 Å². The number of rotatable bonds is 1. The van der Waals surface area contributed by atoms with E-state index in [9.17, 15) is 0 Å². The molecule has 2 spiro atoms. The molecule has 0 bridgehead atoms. The molecule has 0 N–H and O–H groups in total. The molecule has 3 aliphatic rings. The first-order valence-electron chi connectivity index (χ1n) is 6.80. The first-order chi connectivity index (χ1) is 8.29. The van der Waals surface area contributed by atoms with Crippen LogP contribution in [0.4, 0.5) is 0 Å². The van der Waals surface area contributed by atoms with Crippen molar-refractivity contribution in [2.75, 3.05) is 20.3 Å². The van der Waals surface area contributed by atoms with Gasteiger partial charge in [0.2, 0.25) is 0 Å². The first-order valence-corrected chi connectivity index (χ1v) is 6.80. The lowest BCUT2D eigenvalue weighted by atomic mass is 9.89. The largest absolute Gasteiger partial charge is 0.376 e. The molecule has 17 heavy (non-hydrogen) atoms. The van der Waals surface area contributed by atoms with Gasteiger partial charge in [-0.2, -0.15) is 0 Å². The summed E-state index contributed by atoms with van der Waals surface area (Å²) < 4.78 is 23.7. The zero-order valence-corrected chi connectivity index (χ0v) is 10.6. The molecule has 0 aromatic rings. The van der Waals surface area contributed by atoms with E-state index in [-0.39, 0.29) is 11.9 Å². The van der Waals surface area contributed by atoms with Crippen molar-refractivity contribution in [3.05, 3.63) is 0 Å². The van der Waals surface area contributed by atoms with Crippen LogP contribution in [0.5, 0.6) is 0 Å². The van der Waals surface area contributed by atoms with E-state index >= 15 is 0 Å². The van der Waals surface area contributed by atoms with Crippen LogP contribution in [0, 0.1) is 0 Å². The Kier molecular flexibility index (Phi) is 3.15. The maximum absolute atomic E-state index is 6.30. The third kappa shape index (κ3) is 2.01. The summed E-state index contributed by atoms with van der Waals surface area (Å²) >= 11 is 0. The van der Waals surface area contributed by atoms with Crippen LogP contribution in [0.1, 0.15) is 44.9 Å². The molecule has 98 valence electrons. The van der Waals surface area contributed by atoms with Crippen LogP contribution in [0.2, 0.25) is 0 Å². The predicted octanol–water partition coefficient (Wildman–Crippen LogP) is 2.22. The Balaban J connectivity index is 1.80. The molecular formula is C13H22O4. The summed E-state index contributed by atoms with van der Waals surface area (Å²) in [5.74, 6) is -0.929. The van der Waals surface area contributed by atoms with E-state index in [1.165, 1.54) is 0 Å². The van der Waals surface area contributed by atoms with Crippen molar-refractivity contribution in [3.63, 3.8) is 0 Å². The lowest BCUT2D eigenvalue weighted by molar-refractivity contribution is -0.406. The van der Waals surface area contributed by atoms with E-state index in [4.69, 9.17) is 18.9 Å². The Morgan fingerprint density at radius 3 is 2.53 bits per heavy atom. The zero-order valence-electron chi connectivity index (χ0n) is 10.6. The summed E-state index contributed by atoms with van der Waals surface area (Å²) in [6, 6.07) is 0. The Bertz CT molecular complexity index is 267. The fourth-order valence-corrected chi connectivity index (χ4v) is 3.37. The van der Waals surface area contributed by atoms with Gasteiger partial charge in [0.15, 0.2) is 11.6 Å². The van der Waals surface area contributed by atoms with Crippen LogP contribution >= 0.6 is 0 Å². The number of hydrogen-bond acceptors (Lipinski definition) is 4. The maximum atomic E-state index is 6.30. The predicted molar refractivity (Wildman–Crippen MR) is 61.6 cm³/mol.